The number of rotatable bonds is 4. The molecule has 1 aliphatic heterocycles. The summed E-state index contributed by atoms with van der Waals surface area (Å²) in [4.78, 5) is 12.7. The van der Waals surface area contributed by atoms with Gasteiger partial charge < -0.3 is 25.1 Å². The Morgan fingerprint density at radius 1 is 1.25 bits per heavy atom. The molecule has 0 aliphatic carbocycles. The van der Waals surface area contributed by atoms with Crippen molar-refractivity contribution in [3.05, 3.63) is 75.1 Å². The van der Waals surface area contributed by atoms with Crippen LogP contribution in [0.2, 0.25) is 5.15 Å². The lowest BCUT2D eigenvalue weighted by Gasteiger charge is -2.41. The molecule has 7 nitrogen and oxygen atoms in total. The predicted molar refractivity (Wildman–Crippen MR) is 139 cm³/mol. The molecule has 3 aromatic rings. The first-order chi connectivity index (χ1) is 16.8. The molecule has 0 radical (unpaired) electrons. The zero-order chi connectivity index (χ0) is 26.4. The number of nitrogens with one attached hydrogen (secondary N) is 1. The summed E-state index contributed by atoms with van der Waals surface area (Å²) in [5.41, 5.74) is 2.07. The topological polar surface area (TPSA) is 94.7 Å². The first-order valence-corrected chi connectivity index (χ1v) is 12.4. The minimum Gasteiger partial charge on any atom is -0.617 e. The third kappa shape index (κ3) is 4.82. The second-order valence-corrected chi connectivity index (χ2v) is 11.2. The Labute approximate surface area is 216 Å². The zero-order valence-electron chi connectivity index (χ0n) is 21.5. The van der Waals surface area contributed by atoms with Gasteiger partial charge in [0.15, 0.2) is 6.10 Å². The van der Waals surface area contributed by atoms with Crippen LogP contribution < -0.4 is 14.8 Å². The Bertz CT molecular complexity index is 1300. The molecule has 1 aliphatic rings. The van der Waals surface area contributed by atoms with E-state index in [0.29, 0.717) is 39.9 Å². The van der Waals surface area contributed by atoms with Crippen LogP contribution in [0, 0.1) is 12.1 Å². The first-order valence-electron chi connectivity index (χ1n) is 12.1. The second-order valence-electron chi connectivity index (χ2n) is 10.9. The molecule has 0 unspecified atom stereocenters. The summed E-state index contributed by atoms with van der Waals surface area (Å²) in [5.74, 6) is 0.449. The number of hydrogen-bond donors (Lipinski definition) is 2. The number of fused-ring (bicyclic) bond motifs is 2. The molecule has 2 atom stereocenters. The molecular formula is C28H33ClN2O5. The summed E-state index contributed by atoms with van der Waals surface area (Å²) in [7, 11) is 0. The van der Waals surface area contributed by atoms with Gasteiger partial charge in [-0.05, 0) is 61.4 Å². The second kappa shape index (κ2) is 9.45. The van der Waals surface area contributed by atoms with E-state index in [1.54, 1.807) is 26.0 Å². The first kappa shape index (κ1) is 26.0. The molecule has 36 heavy (non-hydrogen) atoms. The van der Waals surface area contributed by atoms with E-state index < -0.39 is 23.9 Å². The average Bonchev–Trinajstić information content (AvgIpc) is 2.79. The van der Waals surface area contributed by atoms with Gasteiger partial charge in [0.25, 0.3) is 5.15 Å². The van der Waals surface area contributed by atoms with Crippen molar-refractivity contribution in [3.8, 4) is 5.75 Å². The van der Waals surface area contributed by atoms with Crippen LogP contribution in [0.25, 0.3) is 10.9 Å². The lowest BCUT2D eigenvalue weighted by Crippen LogP contribution is -2.50. The molecule has 2 aromatic carbocycles. The van der Waals surface area contributed by atoms with Crippen molar-refractivity contribution in [1.82, 2.24) is 5.32 Å². The molecule has 0 spiro atoms. The molecule has 4 rings (SSSR count). The van der Waals surface area contributed by atoms with Crippen LogP contribution in [-0.2, 0) is 16.6 Å². The SMILES string of the molecule is Cc1c(C(C)(C)C)c(Cl)[n+]([O-])c2cc3c(cc12)OC(C)(C)[C@H](O)[C@H]3OC(=O)NCCc1ccccc1. The number of benzene rings is 2. The lowest BCUT2D eigenvalue weighted by atomic mass is 9.83. The van der Waals surface area contributed by atoms with E-state index in [2.05, 4.69) is 5.32 Å². The molecule has 1 aromatic heterocycles. The number of alkyl carbamates (subject to hydrolysis) is 1. The maximum absolute atomic E-state index is 13.2. The number of aliphatic hydroxyl groups is 1. The summed E-state index contributed by atoms with van der Waals surface area (Å²) in [6.45, 7) is 11.8. The molecule has 1 amide bonds. The number of halogens is 1. The summed E-state index contributed by atoms with van der Waals surface area (Å²) in [6.07, 6.45) is -2.21. The fourth-order valence-corrected chi connectivity index (χ4v) is 5.37. The van der Waals surface area contributed by atoms with Gasteiger partial charge in [-0.2, -0.15) is 4.73 Å². The minimum atomic E-state index is -1.16. The third-order valence-electron chi connectivity index (χ3n) is 6.70. The van der Waals surface area contributed by atoms with Gasteiger partial charge in [-0.1, -0.05) is 51.1 Å². The maximum Gasteiger partial charge on any atom is 0.407 e. The van der Waals surface area contributed by atoms with E-state index in [4.69, 9.17) is 21.1 Å². The Balaban J connectivity index is 1.69. The summed E-state index contributed by atoms with van der Waals surface area (Å²) < 4.78 is 12.5. The van der Waals surface area contributed by atoms with Crippen LogP contribution in [0.15, 0.2) is 42.5 Å². The van der Waals surface area contributed by atoms with Gasteiger partial charge in [0.1, 0.15) is 17.5 Å². The van der Waals surface area contributed by atoms with Crippen LogP contribution in [-0.4, -0.2) is 29.4 Å². The number of carbonyl (C=O) groups excluding carboxylic acids is 1. The number of pyridine rings is 1. The van der Waals surface area contributed by atoms with Crippen LogP contribution in [0.3, 0.4) is 0 Å². The fourth-order valence-electron chi connectivity index (χ4n) is 4.85. The van der Waals surface area contributed by atoms with E-state index in [0.717, 1.165) is 16.7 Å². The smallest absolute Gasteiger partial charge is 0.407 e. The van der Waals surface area contributed by atoms with Crippen molar-refractivity contribution in [2.45, 2.75) is 71.2 Å². The number of amides is 1. The number of aryl methyl sites for hydroxylation is 1. The normalized spacial score (nSPS) is 18.9. The number of aliphatic hydroxyl groups excluding tert-OH is 1. The van der Waals surface area contributed by atoms with Gasteiger partial charge in [-0.25, -0.2) is 4.79 Å². The molecule has 0 saturated heterocycles. The van der Waals surface area contributed by atoms with E-state index in [9.17, 15) is 15.1 Å². The quantitative estimate of drug-likeness (QED) is 0.282. The average molecular weight is 513 g/mol. The number of carbonyl (C=O) groups is 1. The van der Waals surface area contributed by atoms with Crippen LogP contribution in [0.1, 0.15) is 63.0 Å². The molecule has 2 heterocycles. The number of nitrogens with zero attached hydrogens (tertiary/aromatic N) is 1. The van der Waals surface area contributed by atoms with Crippen LogP contribution >= 0.6 is 11.6 Å². The van der Waals surface area contributed by atoms with Crippen LogP contribution in [0.5, 0.6) is 5.75 Å². The van der Waals surface area contributed by atoms with Gasteiger partial charge in [0, 0.05) is 23.7 Å². The van der Waals surface area contributed by atoms with E-state index >= 15 is 0 Å². The van der Waals surface area contributed by atoms with Gasteiger partial charge in [-0.15, -0.1) is 0 Å². The molecule has 2 N–H and O–H groups in total. The van der Waals surface area contributed by atoms with Crippen LogP contribution in [0.4, 0.5) is 4.79 Å². The number of aromatic nitrogens is 1. The molecule has 0 saturated carbocycles. The highest BCUT2D eigenvalue weighted by Gasteiger charge is 2.46. The highest BCUT2D eigenvalue weighted by atomic mass is 35.5. The maximum atomic E-state index is 13.2. The fraction of sp³-hybridized carbons (Fsp3) is 0.429. The van der Waals surface area contributed by atoms with E-state index in [1.165, 1.54) is 0 Å². The number of ether oxygens (including phenoxy) is 2. The van der Waals surface area contributed by atoms with Crippen molar-refractivity contribution in [1.29, 1.82) is 0 Å². The standard InChI is InChI=1S/C28H33ClN2O5/c1-16-18-15-21-19(14-20(18)31(34)25(29)22(16)27(2,3)4)23(24(32)28(5,6)36-21)35-26(33)30-13-12-17-10-8-7-9-11-17/h7-11,14-15,23-24,32H,12-13H2,1-6H3,(H,30,33)/t23-,24+/m0/s1. The van der Waals surface area contributed by atoms with Crippen molar-refractivity contribution in [2.75, 3.05) is 6.54 Å². The largest absolute Gasteiger partial charge is 0.617 e. The summed E-state index contributed by atoms with van der Waals surface area (Å²) in [5, 5.41) is 27.8. The number of hydrogen-bond acceptors (Lipinski definition) is 5. The molecule has 0 fully saturated rings. The van der Waals surface area contributed by atoms with E-state index in [1.807, 2.05) is 58.0 Å². The van der Waals surface area contributed by atoms with Crippen molar-refractivity contribution >= 4 is 28.6 Å². The zero-order valence-corrected chi connectivity index (χ0v) is 22.3. The Morgan fingerprint density at radius 2 is 1.92 bits per heavy atom. The van der Waals surface area contributed by atoms with Gasteiger partial charge in [0.05, 0.1) is 5.39 Å². The van der Waals surface area contributed by atoms with Gasteiger partial charge >= 0.3 is 6.09 Å². The third-order valence-corrected chi connectivity index (χ3v) is 7.04. The minimum absolute atomic E-state index is 0.0983. The molecule has 192 valence electrons. The van der Waals surface area contributed by atoms with E-state index in [-0.39, 0.29) is 10.6 Å². The highest BCUT2D eigenvalue weighted by Crippen LogP contribution is 2.45. The Hall–Kier alpha value is -3.03. The van der Waals surface area contributed by atoms with Crippen molar-refractivity contribution in [2.24, 2.45) is 0 Å². The Morgan fingerprint density at radius 3 is 2.56 bits per heavy atom. The van der Waals surface area contributed by atoms with Gasteiger partial charge in [0.2, 0.25) is 5.52 Å². The summed E-state index contributed by atoms with van der Waals surface area (Å²) >= 11 is 6.52. The van der Waals surface area contributed by atoms with Crippen molar-refractivity contribution in [3.63, 3.8) is 0 Å². The Kier molecular flexibility index (Phi) is 6.84. The summed E-state index contributed by atoms with van der Waals surface area (Å²) in [6, 6.07) is 13.2. The monoisotopic (exact) mass is 512 g/mol. The lowest BCUT2D eigenvalue weighted by molar-refractivity contribution is -0.575. The van der Waals surface area contributed by atoms with Gasteiger partial charge in [-0.3, -0.25) is 0 Å². The molecular weight excluding hydrogens is 480 g/mol. The highest BCUT2D eigenvalue weighted by molar-refractivity contribution is 6.29. The van der Waals surface area contributed by atoms with Crippen molar-refractivity contribution < 1.29 is 24.1 Å². The molecule has 0 bridgehead atoms. The molecule has 8 heteroatoms. The predicted octanol–water partition coefficient (Wildman–Crippen LogP) is 5.27.